The van der Waals surface area contributed by atoms with Gasteiger partial charge in [0, 0.05) is 11.3 Å². The number of benzene rings is 2. The fraction of sp³-hybridized carbons (Fsp3) is 0.133. The van der Waals surface area contributed by atoms with Crippen LogP contribution in [0.25, 0.3) is 0 Å². The van der Waals surface area contributed by atoms with E-state index in [2.05, 4.69) is 5.32 Å². The zero-order valence-electron chi connectivity index (χ0n) is 10.6. The number of carbonyl (C=O) groups excluding carboxylic acids is 1. The van der Waals surface area contributed by atoms with Crippen molar-refractivity contribution in [3.8, 4) is 0 Å². The maximum atomic E-state index is 13.1. The van der Waals surface area contributed by atoms with Crippen LogP contribution in [-0.4, -0.2) is 11.4 Å². The minimum atomic E-state index is -4.54. The van der Waals surface area contributed by atoms with Crippen LogP contribution in [0.15, 0.2) is 54.6 Å². The van der Waals surface area contributed by atoms with Crippen LogP contribution in [0.5, 0.6) is 0 Å². The summed E-state index contributed by atoms with van der Waals surface area (Å²) in [5.74, 6) is -0.669. The SMILES string of the molecule is O=C1Nc2ccccc2[C@@]1(SC(F)(F)F)c1ccccc1. The van der Waals surface area contributed by atoms with Crippen molar-refractivity contribution in [3.05, 3.63) is 65.7 Å². The molecule has 0 aliphatic carbocycles. The Bertz CT molecular complexity index is 687. The number of nitrogens with one attached hydrogen (secondary N) is 1. The van der Waals surface area contributed by atoms with Gasteiger partial charge < -0.3 is 5.32 Å². The van der Waals surface area contributed by atoms with Gasteiger partial charge in [0.1, 0.15) is 0 Å². The molecule has 21 heavy (non-hydrogen) atoms. The van der Waals surface area contributed by atoms with Crippen molar-refractivity contribution < 1.29 is 18.0 Å². The molecule has 0 bridgehead atoms. The first-order valence-electron chi connectivity index (χ1n) is 6.17. The van der Waals surface area contributed by atoms with Crippen LogP contribution in [0.3, 0.4) is 0 Å². The summed E-state index contributed by atoms with van der Waals surface area (Å²) < 4.78 is 37.5. The van der Waals surface area contributed by atoms with Gasteiger partial charge in [0.15, 0.2) is 4.75 Å². The highest BCUT2D eigenvalue weighted by Gasteiger charge is 2.55. The summed E-state index contributed by atoms with van der Waals surface area (Å²) >= 11 is -0.296. The van der Waals surface area contributed by atoms with Gasteiger partial charge in [0.25, 0.3) is 0 Å². The van der Waals surface area contributed by atoms with Crippen LogP contribution in [0.2, 0.25) is 0 Å². The van der Waals surface area contributed by atoms with Gasteiger partial charge in [0.05, 0.1) is 0 Å². The molecule has 1 N–H and O–H groups in total. The van der Waals surface area contributed by atoms with Crippen LogP contribution in [0.4, 0.5) is 18.9 Å². The lowest BCUT2D eigenvalue weighted by Crippen LogP contribution is -2.35. The zero-order chi connectivity index (χ0) is 15.1. The topological polar surface area (TPSA) is 29.1 Å². The van der Waals surface area contributed by atoms with Crippen LogP contribution in [0, 0.1) is 0 Å². The normalized spacial score (nSPS) is 21.0. The van der Waals surface area contributed by atoms with Crippen LogP contribution >= 0.6 is 11.8 Å². The van der Waals surface area contributed by atoms with Crippen molar-refractivity contribution in [3.63, 3.8) is 0 Å². The summed E-state index contributed by atoms with van der Waals surface area (Å²) in [7, 11) is 0. The van der Waals surface area contributed by atoms with E-state index in [1.165, 1.54) is 0 Å². The lowest BCUT2D eigenvalue weighted by Gasteiger charge is -2.28. The van der Waals surface area contributed by atoms with Gasteiger partial charge in [-0.2, -0.15) is 13.2 Å². The predicted octanol–water partition coefficient (Wildman–Crippen LogP) is 4.14. The molecule has 6 heteroatoms. The van der Waals surface area contributed by atoms with Crippen LogP contribution in [0.1, 0.15) is 11.1 Å². The van der Waals surface area contributed by atoms with E-state index in [1.54, 1.807) is 54.6 Å². The van der Waals surface area contributed by atoms with E-state index in [4.69, 9.17) is 0 Å². The van der Waals surface area contributed by atoms with E-state index in [1.807, 2.05) is 0 Å². The minimum Gasteiger partial charge on any atom is -0.324 e. The summed E-state index contributed by atoms with van der Waals surface area (Å²) in [5, 5.41) is 2.55. The molecule has 0 radical (unpaired) electrons. The number of hydrogen-bond acceptors (Lipinski definition) is 2. The maximum Gasteiger partial charge on any atom is 0.443 e. The summed E-state index contributed by atoms with van der Waals surface area (Å²) in [6.45, 7) is 0. The molecule has 0 saturated carbocycles. The molecule has 1 amide bonds. The first kappa shape index (κ1) is 14.0. The third-order valence-corrected chi connectivity index (χ3v) is 4.50. The average Bonchev–Trinajstić information content (AvgIpc) is 2.72. The Balaban J connectivity index is 2.25. The number of para-hydroxylation sites is 1. The fourth-order valence-electron chi connectivity index (χ4n) is 2.53. The number of amides is 1. The van der Waals surface area contributed by atoms with E-state index >= 15 is 0 Å². The molecule has 0 saturated heterocycles. The van der Waals surface area contributed by atoms with Crippen molar-refractivity contribution in [2.24, 2.45) is 0 Å². The van der Waals surface area contributed by atoms with E-state index in [0.717, 1.165) is 0 Å². The number of hydrogen-bond donors (Lipinski definition) is 1. The number of alkyl halides is 3. The Hall–Kier alpha value is -1.95. The van der Waals surface area contributed by atoms with Gasteiger partial charge in [-0.25, -0.2) is 0 Å². The van der Waals surface area contributed by atoms with Crippen molar-refractivity contribution in [2.45, 2.75) is 10.3 Å². The van der Waals surface area contributed by atoms with Gasteiger partial charge in [0.2, 0.25) is 5.91 Å². The first-order chi connectivity index (χ1) is 9.93. The molecule has 1 atom stereocenters. The van der Waals surface area contributed by atoms with Gasteiger partial charge in [-0.05, 0) is 23.4 Å². The Kier molecular flexibility index (Phi) is 3.20. The maximum absolute atomic E-state index is 13.1. The summed E-state index contributed by atoms with van der Waals surface area (Å²) in [4.78, 5) is 12.4. The number of thioether (sulfide) groups is 1. The smallest absolute Gasteiger partial charge is 0.324 e. The van der Waals surface area contributed by atoms with E-state index in [-0.39, 0.29) is 11.8 Å². The summed E-state index contributed by atoms with van der Waals surface area (Å²) in [6, 6.07) is 14.5. The Morgan fingerprint density at radius 2 is 1.57 bits per heavy atom. The molecule has 0 unspecified atom stereocenters. The zero-order valence-corrected chi connectivity index (χ0v) is 11.5. The average molecular weight is 309 g/mol. The van der Waals surface area contributed by atoms with Crippen molar-refractivity contribution >= 4 is 23.4 Å². The molecular formula is C15H10F3NOS. The third kappa shape index (κ3) is 2.29. The monoisotopic (exact) mass is 309 g/mol. The molecule has 3 rings (SSSR count). The standard InChI is InChI=1S/C15H10F3NOS/c16-15(17,18)21-14(10-6-2-1-3-7-10)11-8-4-5-9-12(11)19-13(14)20/h1-9H,(H,19,20)/t14-/m0/s1. The van der Waals surface area contributed by atoms with E-state index < -0.39 is 16.2 Å². The van der Waals surface area contributed by atoms with Crippen molar-refractivity contribution in [2.75, 3.05) is 5.32 Å². The molecule has 1 aliphatic heterocycles. The van der Waals surface area contributed by atoms with Crippen LogP contribution < -0.4 is 5.32 Å². The highest BCUT2D eigenvalue weighted by Crippen LogP contribution is 2.55. The molecular weight excluding hydrogens is 299 g/mol. The molecule has 0 aromatic heterocycles. The number of halogens is 3. The molecule has 2 aromatic carbocycles. The van der Waals surface area contributed by atoms with Gasteiger partial charge in [-0.1, -0.05) is 48.5 Å². The van der Waals surface area contributed by atoms with Crippen molar-refractivity contribution in [1.82, 2.24) is 0 Å². The molecule has 0 fully saturated rings. The second kappa shape index (κ2) is 4.80. The second-order valence-electron chi connectivity index (χ2n) is 4.59. The van der Waals surface area contributed by atoms with Crippen molar-refractivity contribution in [1.29, 1.82) is 0 Å². The molecule has 2 aromatic rings. The molecule has 2 nitrogen and oxygen atoms in total. The number of rotatable bonds is 2. The lowest BCUT2D eigenvalue weighted by molar-refractivity contribution is -0.117. The van der Waals surface area contributed by atoms with Gasteiger partial charge >= 0.3 is 5.51 Å². The fourth-order valence-corrected chi connectivity index (χ4v) is 3.56. The van der Waals surface area contributed by atoms with E-state index in [9.17, 15) is 18.0 Å². The Morgan fingerprint density at radius 1 is 0.952 bits per heavy atom. The highest BCUT2D eigenvalue weighted by molar-refractivity contribution is 8.02. The summed E-state index contributed by atoms with van der Waals surface area (Å²) in [5.41, 5.74) is -3.47. The molecule has 1 heterocycles. The minimum absolute atomic E-state index is 0.296. The van der Waals surface area contributed by atoms with Gasteiger partial charge in [-0.15, -0.1) is 0 Å². The van der Waals surface area contributed by atoms with Gasteiger partial charge in [-0.3, -0.25) is 4.79 Å². The first-order valence-corrected chi connectivity index (χ1v) is 6.98. The number of anilines is 1. The second-order valence-corrected chi connectivity index (χ2v) is 5.87. The number of fused-ring (bicyclic) bond motifs is 1. The van der Waals surface area contributed by atoms with E-state index in [0.29, 0.717) is 16.8 Å². The Morgan fingerprint density at radius 3 is 2.24 bits per heavy atom. The molecule has 1 aliphatic rings. The highest BCUT2D eigenvalue weighted by atomic mass is 32.2. The third-order valence-electron chi connectivity index (χ3n) is 3.32. The number of carbonyl (C=O) groups is 1. The Labute approximate surface area is 123 Å². The largest absolute Gasteiger partial charge is 0.443 e. The quantitative estimate of drug-likeness (QED) is 0.903. The molecule has 0 spiro atoms. The lowest BCUT2D eigenvalue weighted by atomic mass is 9.91. The molecule has 108 valence electrons. The predicted molar refractivity (Wildman–Crippen MR) is 75.9 cm³/mol. The summed E-state index contributed by atoms with van der Waals surface area (Å²) in [6.07, 6.45) is 0. The van der Waals surface area contributed by atoms with Crippen LogP contribution in [-0.2, 0) is 9.54 Å².